The highest BCUT2D eigenvalue weighted by Gasteiger charge is 2.50. The molecular weight excluding hydrogens is 232 g/mol. The third-order valence-corrected chi connectivity index (χ3v) is 2.88. The lowest BCUT2D eigenvalue weighted by Gasteiger charge is -2.48. The lowest BCUT2D eigenvalue weighted by Crippen LogP contribution is -2.64. The molecule has 1 N–H and O–H groups in total. The van der Waals surface area contributed by atoms with E-state index in [2.05, 4.69) is 11.9 Å². The normalized spacial score (nSPS) is 17.7. The molecule has 1 rings (SSSR count). The van der Waals surface area contributed by atoms with E-state index in [1.165, 1.54) is 0 Å². The van der Waals surface area contributed by atoms with Crippen LogP contribution in [-0.4, -0.2) is 42.6 Å². The van der Waals surface area contributed by atoms with E-state index in [9.17, 15) is 9.59 Å². The Kier molecular flexibility index (Phi) is 4.04. The molecule has 5 heteroatoms. The van der Waals surface area contributed by atoms with Gasteiger partial charge in [0, 0.05) is 20.1 Å². The van der Waals surface area contributed by atoms with Crippen LogP contribution in [0.25, 0.3) is 0 Å². The molecule has 0 saturated carbocycles. The summed E-state index contributed by atoms with van der Waals surface area (Å²) in [6.07, 6.45) is 1.90. The number of nitrogens with zero attached hydrogens (tertiary/aromatic N) is 1. The average Bonchev–Trinajstić information content (AvgIpc) is 2.18. The molecule has 0 aromatic rings. The van der Waals surface area contributed by atoms with E-state index in [4.69, 9.17) is 4.74 Å². The lowest BCUT2D eigenvalue weighted by molar-refractivity contribution is -0.140. The topological polar surface area (TPSA) is 58.6 Å². The molecular formula is C13H22N2O3. The van der Waals surface area contributed by atoms with Gasteiger partial charge in [0.2, 0.25) is 5.91 Å². The molecule has 0 aliphatic carbocycles. The Morgan fingerprint density at radius 3 is 2.39 bits per heavy atom. The van der Waals surface area contributed by atoms with Crippen molar-refractivity contribution in [1.29, 1.82) is 0 Å². The SMILES string of the molecule is C=CCC1(C(=O)NC)CN(C(=O)OC(C)(C)C)C1. The van der Waals surface area contributed by atoms with Gasteiger partial charge in [0.15, 0.2) is 0 Å². The van der Waals surface area contributed by atoms with Crippen LogP contribution in [0.5, 0.6) is 0 Å². The number of rotatable bonds is 3. The molecule has 0 aromatic carbocycles. The first kappa shape index (κ1) is 14.5. The number of hydrogen-bond donors (Lipinski definition) is 1. The third-order valence-electron chi connectivity index (χ3n) is 2.88. The van der Waals surface area contributed by atoms with Crippen molar-refractivity contribution in [1.82, 2.24) is 10.2 Å². The average molecular weight is 254 g/mol. The van der Waals surface area contributed by atoms with E-state index in [1.807, 2.05) is 20.8 Å². The molecule has 1 aliphatic heterocycles. The van der Waals surface area contributed by atoms with Gasteiger partial charge in [-0.1, -0.05) is 6.08 Å². The minimum absolute atomic E-state index is 0.0535. The number of nitrogens with one attached hydrogen (secondary N) is 1. The van der Waals surface area contributed by atoms with Gasteiger partial charge in [-0.05, 0) is 27.2 Å². The Labute approximate surface area is 108 Å². The number of likely N-dealkylation sites (tertiary alicyclic amines) is 1. The Morgan fingerprint density at radius 1 is 1.44 bits per heavy atom. The maximum Gasteiger partial charge on any atom is 0.410 e. The monoisotopic (exact) mass is 254 g/mol. The predicted octanol–water partition coefficient (Wildman–Crippen LogP) is 1.55. The second kappa shape index (κ2) is 5.00. The van der Waals surface area contributed by atoms with E-state index in [0.29, 0.717) is 19.5 Å². The Bertz CT molecular complexity index is 352. The van der Waals surface area contributed by atoms with Gasteiger partial charge in [0.05, 0.1) is 5.41 Å². The first-order chi connectivity index (χ1) is 8.24. The summed E-state index contributed by atoms with van der Waals surface area (Å²) < 4.78 is 5.26. The fourth-order valence-electron chi connectivity index (χ4n) is 2.05. The minimum atomic E-state index is -0.534. The molecule has 18 heavy (non-hydrogen) atoms. The first-order valence-corrected chi connectivity index (χ1v) is 6.05. The highest BCUT2D eigenvalue weighted by Crippen LogP contribution is 2.35. The van der Waals surface area contributed by atoms with Crippen molar-refractivity contribution in [3.05, 3.63) is 12.7 Å². The Hall–Kier alpha value is -1.52. The van der Waals surface area contributed by atoms with Crippen LogP contribution in [0.15, 0.2) is 12.7 Å². The number of allylic oxidation sites excluding steroid dienone is 1. The standard InChI is InChI=1S/C13H22N2O3/c1-6-7-13(10(16)14-5)8-15(9-13)11(17)18-12(2,3)4/h6H,1,7-9H2,2-5H3,(H,14,16). The van der Waals surface area contributed by atoms with Crippen molar-refractivity contribution in [2.75, 3.05) is 20.1 Å². The van der Waals surface area contributed by atoms with Crippen molar-refractivity contribution in [2.24, 2.45) is 5.41 Å². The molecule has 5 nitrogen and oxygen atoms in total. The minimum Gasteiger partial charge on any atom is -0.444 e. The summed E-state index contributed by atoms with van der Waals surface area (Å²) in [6.45, 7) is 9.88. The summed E-state index contributed by atoms with van der Waals surface area (Å²) in [7, 11) is 1.60. The van der Waals surface area contributed by atoms with Crippen molar-refractivity contribution in [2.45, 2.75) is 32.8 Å². The summed E-state index contributed by atoms with van der Waals surface area (Å²) in [5, 5.41) is 2.63. The van der Waals surface area contributed by atoms with E-state index >= 15 is 0 Å². The molecule has 102 valence electrons. The second-order valence-electron chi connectivity index (χ2n) is 5.69. The fourth-order valence-corrected chi connectivity index (χ4v) is 2.05. The summed E-state index contributed by atoms with van der Waals surface area (Å²) in [5.41, 5.74) is -1.05. The van der Waals surface area contributed by atoms with E-state index in [-0.39, 0.29) is 12.0 Å². The van der Waals surface area contributed by atoms with Gasteiger partial charge in [-0.2, -0.15) is 0 Å². The number of hydrogen-bond acceptors (Lipinski definition) is 3. The van der Waals surface area contributed by atoms with Gasteiger partial charge in [0.1, 0.15) is 5.60 Å². The van der Waals surface area contributed by atoms with Crippen LogP contribution in [0.1, 0.15) is 27.2 Å². The Morgan fingerprint density at radius 2 is 2.00 bits per heavy atom. The predicted molar refractivity (Wildman–Crippen MR) is 69.1 cm³/mol. The maximum absolute atomic E-state index is 11.8. The van der Waals surface area contributed by atoms with Gasteiger partial charge < -0.3 is 15.0 Å². The van der Waals surface area contributed by atoms with Crippen molar-refractivity contribution >= 4 is 12.0 Å². The largest absolute Gasteiger partial charge is 0.444 e. The third kappa shape index (κ3) is 3.03. The zero-order valence-electron chi connectivity index (χ0n) is 11.6. The number of carbonyl (C=O) groups excluding carboxylic acids is 2. The van der Waals surface area contributed by atoms with E-state index in [1.54, 1.807) is 18.0 Å². The van der Waals surface area contributed by atoms with Crippen LogP contribution in [0.4, 0.5) is 4.79 Å². The molecule has 2 amide bonds. The Balaban J connectivity index is 2.61. The zero-order chi connectivity index (χ0) is 14.0. The van der Waals surface area contributed by atoms with Crippen LogP contribution in [-0.2, 0) is 9.53 Å². The summed E-state index contributed by atoms with van der Waals surface area (Å²) in [4.78, 5) is 25.2. The molecule has 0 spiro atoms. The van der Waals surface area contributed by atoms with Crippen molar-refractivity contribution in [3.63, 3.8) is 0 Å². The van der Waals surface area contributed by atoms with Gasteiger partial charge in [-0.25, -0.2) is 4.79 Å². The van der Waals surface area contributed by atoms with Crippen molar-refractivity contribution < 1.29 is 14.3 Å². The van der Waals surface area contributed by atoms with Gasteiger partial charge in [-0.3, -0.25) is 4.79 Å². The molecule has 1 saturated heterocycles. The second-order valence-corrected chi connectivity index (χ2v) is 5.69. The van der Waals surface area contributed by atoms with Gasteiger partial charge in [-0.15, -0.1) is 6.58 Å². The van der Waals surface area contributed by atoms with Crippen LogP contribution >= 0.6 is 0 Å². The molecule has 0 radical (unpaired) electrons. The smallest absolute Gasteiger partial charge is 0.410 e. The number of ether oxygens (including phenoxy) is 1. The van der Waals surface area contributed by atoms with Gasteiger partial charge >= 0.3 is 6.09 Å². The zero-order valence-corrected chi connectivity index (χ0v) is 11.6. The molecule has 0 atom stereocenters. The first-order valence-electron chi connectivity index (χ1n) is 6.05. The molecule has 1 heterocycles. The van der Waals surface area contributed by atoms with Crippen LogP contribution < -0.4 is 5.32 Å². The van der Waals surface area contributed by atoms with Gasteiger partial charge in [0.25, 0.3) is 0 Å². The summed E-state index contributed by atoms with van der Waals surface area (Å²) in [6, 6.07) is 0. The van der Waals surface area contributed by atoms with Crippen LogP contribution in [0, 0.1) is 5.41 Å². The summed E-state index contributed by atoms with van der Waals surface area (Å²) >= 11 is 0. The van der Waals surface area contributed by atoms with Crippen LogP contribution in [0.2, 0.25) is 0 Å². The number of carbonyl (C=O) groups is 2. The quantitative estimate of drug-likeness (QED) is 0.777. The molecule has 1 fully saturated rings. The highest BCUT2D eigenvalue weighted by atomic mass is 16.6. The van der Waals surface area contributed by atoms with E-state index < -0.39 is 11.0 Å². The molecule has 0 bridgehead atoms. The van der Waals surface area contributed by atoms with Crippen LogP contribution in [0.3, 0.4) is 0 Å². The fraction of sp³-hybridized carbons (Fsp3) is 0.692. The van der Waals surface area contributed by atoms with Crippen molar-refractivity contribution in [3.8, 4) is 0 Å². The summed E-state index contributed by atoms with van der Waals surface area (Å²) in [5.74, 6) is -0.0535. The lowest BCUT2D eigenvalue weighted by atomic mass is 9.76. The maximum atomic E-state index is 11.8. The molecule has 1 aliphatic rings. The number of amides is 2. The molecule has 0 aromatic heterocycles. The molecule has 0 unspecified atom stereocenters. The van der Waals surface area contributed by atoms with E-state index in [0.717, 1.165) is 0 Å². The highest BCUT2D eigenvalue weighted by molar-refractivity contribution is 5.86.